The van der Waals surface area contributed by atoms with Crippen LogP contribution in [0.15, 0.2) is 30.5 Å². The average molecular weight is 252 g/mol. The van der Waals surface area contributed by atoms with Crippen LogP contribution >= 0.6 is 0 Å². The third kappa shape index (κ3) is 1.46. The fourth-order valence-corrected chi connectivity index (χ4v) is 5.46. The molecule has 0 amide bonds. The molecule has 2 aromatic rings. The van der Waals surface area contributed by atoms with Gasteiger partial charge < -0.3 is 0 Å². The van der Waals surface area contributed by atoms with E-state index in [0.29, 0.717) is 6.04 Å². The number of aromatic nitrogens is 2. The van der Waals surface area contributed by atoms with E-state index >= 15 is 0 Å². The van der Waals surface area contributed by atoms with Gasteiger partial charge in [-0.05, 0) is 61.8 Å². The maximum Gasteiger partial charge on any atom is 0.0923 e. The Hall–Kier alpha value is -1.31. The van der Waals surface area contributed by atoms with E-state index in [-0.39, 0.29) is 0 Å². The second-order valence-corrected chi connectivity index (χ2v) is 7.09. The van der Waals surface area contributed by atoms with Gasteiger partial charge in [0, 0.05) is 11.6 Å². The molecule has 1 heterocycles. The van der Waals surface area contributed by atoms with Crippen LogP contribution in [0.3, 0.4) is 0 Å². The summed E-state index contributed by atoms with van der Waals surface area (Å²) in [6, 6.07) is 9.23. The van der Waals surface area contributed by atoms with Crippen LogP contribution in [-0.2, 0) is 0 Å². The zero-order chi connectivity index (χ0) is 12.4. The largest absolute Gasteiger partial charge is 0.268 e. The van der Waals surface area contributed by atoms with Crippen molar-refractivity contribution in [3.63, 3.8) is 0 Å². The Kier molecular flexibility index (Phi) is 2.00. The molecule has 4 fully saturated rings. The third-order valence-corrected chi connectivity index (χ3v) is 5.91. The fourth-order valence-electron chi connectivity index (χ4n) is 5.46. The molecular weight excluding hydrogens is 232 g/mol. The number of hydrogen-bond donors (Lipinski definition) is 0. The quantitative estimate of drug-likeness (QED) is 0.749. The Morgan fingerprint density at radius 1 is 0.895 bits per heavy atom. The van der Waals surface area contributed by atoms with E-state index in [1.165, 1.54) is 37.5 Å². The normalized spacial score (nSPS) is 40.1. The maximum atomic E-state index is 4.88. The zero-order valence-electron chi connectivity index (χ0n) is 11.2. The van der Waals surface area contributed by atoms with Crippen LogP contribution in [0.25, 0.3) is 10.9 Å². The minimum atomic E-state index is 0.695. The molecule has 1 aromatic carbocycles. The first kappa shape index (κ1) is 10.5. The van der Waals surface area contributed by atoms with Crippen LogP contribution in [0.2, 0.25) is 0 Å². The van der Waals surface area contributed by atoms with Crippen molar-refractivity contribution in [1.82, 2.24) is 9.78 Å². The van der Waals surface area contributed by atoms with E-state index in [0.717, 1.165) is 29.2 Å². The van der Waals surface area contributed by atoms with Gasteiger partial charge in [0.05, 0.1) is 11.6 Å². The van der Waals surface area contributed by atoms with Crippen LogP contribution in [0.5, 0.6) is 0 Å². The maximum absolute atomic E-state index is 4.88. The summed E-state index contributed by atoms with van der Waals surface area (Å²) in [5.74, 6) is 3.91. The lowest BCUT2D eigenvalue weighted by Gasteiger charge is -2.54. The van der Waals surface area contributed by atoms with Crippen molar-refractivity contribution in [2.24, 2.45) is 23.7 Å². The molecule has 2 nitrogen and oxygen atoms in total. The molecule has 0 saturated heterocycles. The van der Waals surface area contributed by atoms with Crippen molar-refractivity contribution in [3.05, 3.63) is 30.5 Å². The van der Waals surface area contributed by atoms with Gasteiger partial charge >= 0.3 is 0 Å². The van der Waals surface area contributed by atoms with Crippen LogP contribution in [0, 0.1) is 23.7 Å². The fraction of sp³-hybridized carbons (Fsp3) is 0.588. The molecule has 19 heavy (non-hydrogen) atoms. The lowest BCUT2D eigenvalue weighted by Crippen LogP contribution is -2.46. The van der Waals surface area contributed by atoms with E-state index in [1.54, 1.807) is 0 Å². The Labute approximate surface area is 113 Å². The second kappa shape index (κ2) is 3.62. The molecule has 4 saturated carbocycles. The number of rotatable bonds is 1. The third-order valence-electron chi connectivity index (χ3n) is 5.91. The summed E-state index contributed by atoms with van der Waals surface area (Å²) < 4.78 is 2.33. The summed E-state index contributed by atoms with van der Waals surface area (Å²) in [6.45, 7) is 0. The molecule has 4 bridgehead atoms. The number of fused-ring (bicyclic) bond motifs is 1. The molecule has 0 N–H and O–H groups in total. The Morgan fingerprint density at radius 2 is 1.58 bits per heavy atom. The minimum Gasteiger partial charge on any atom is -0.268 e. The predicted molar refractivity (Wildman–Crippen MR) is 75.8 cm³/mol. The summed E-state index contributed by atoms with van der Waals surface area (Å²) in [5, 5.41) is 6.18. The number of nitrogens with zero attached hydrogens (tertiary/aromatic N) is 2. The minimum absolute atomic E-state index is 0.695. The molecular formula is C17H20N2. The van der Waals surface area contributed by atoms with Gasteiger partial charge in [0.1, 0.15) is 0 Å². The molecule has 0 atom stereocenters. The van der Waals surface area contributed by atoms with Gasteiger partial charge in [-0.3, -0.25) is 4.68 Å². The summed E-state index contributed by atoms with van der Waals surface area (Å²) in [6.07, 6.45) is 9.69. The molecule has 4 aliphatic carbocycles. The lowest BCUT2D eigenvalue weighted by atomic mass is 9.54. The van der Waals surface area contributed by atoms with Crippen LogP contribution in [0.1, 0.15) is 38.1 Å². The standard InChI is InChI=1S/C17H20N2/c1-2-4-16-13(3-1)10-19(18-16)17-14-6-11-5-12(8-14)9-15(17)7-11/h1-4,10-12,14-15,17H,5-9H2. The summed E-state index contributed by atoms with van der Waals surface area (Å²) >= 11 is 0. The Morgan fingerprint density at radius 3 is 2.26 bits per heavy atom. The highest BCUT2D eigenvalue weighted by Gasteiger charge is 2.49. The molecule has 98 valence electrons. The van der Waals surface area contributed by atoms with Crippen molar-refractivity contribution in [2.45, 2.75) is 38.1 Å². The topological polar surface area (TPSA) is 17.8 Å². The van der Waals surface area contributed by atoms with Crippen LogP contribution in [-0.4, -0.2) is 9.78 Å². The highest BCUT2D eigenvalue weighted by atomic mass is 15.3. The predicted octanol–water partition coefficient (Wildman–Crippen LogP) is 4.03. The lowest BCUT2D eigenvalue weighted by molar-refractivity contribution is -0.0333. The SMILES string of the molecule is c1ccc2nn(C3C4CC5CC(C4)CC3C5)cc2c1. The number of benzene rings is 1. The van der Waals surface area contributed by atoms with E-state index in [9.17, 15) is 0 Å². The molecule has 6 rings (SSSR count). The number of hydrogen-bond acceptors (Lipinski definition) is 1. The van der Waals surface area contributed by atoms with Crippen molar-refractivity contribution >= 4 is 10.9 Å². The average Bonchev–Trinajstić information content (AvgIpc) is 2.80. The molecule has 4 aliphatic rings. The first-order valence-electron chi connectivity index (χ1n) is 7.81. The summed E-state index contributed by atoms with van der Waals surface area (Å²) in [5.41, 5.74) is 1.16. The highest BCUT2D eigenvalue weighted by molar-refractivity contribution is 5.77. The molecule has 0 unspecified atom stereocenters. The zero-order valence-corrected chi connectivity index (χ0v) is 11.2. The van der Waals surface area contributed by atoms with Gasteiger partial charge in [-0.25, -0.2) is 0 Å². The smallest absolute Gasteiger partial charge is 0.0923 e. The molecule has 2 heteroatoms. The molecule has 0 radical (unpaired) electrons. The van der Waals surface area contributed by atoms with Crippen LogP contribution in [0.4, 0.5) is 0 Å². The van der Waals surface area contributed by atoms with E-state index in [2.05, 4.69) is 35.1 Å². The van der Waals surface area contributed by atoms with Gasteiger partial charge in [-0.1, -0.05) is 18.2 Å². The molecule has 0 spiro atoms. The highest BCUT2D eigenvalue weighted by Crippen LogP contribution is 2.58. The summed E-state index contributed by atoms with van der Waals surface area (Å²) in [4.78, 5) is 0. The van der Waals surface area contributed by atoms with Crippen molar-refractivity contribution in [2.75, 3.05) is 0 Å². The van der Waals surface area contributed by atoms with Gasteiger partial charge in [-0.15, -0.1) is 0 Å². The van der Waals surface area contributed by atoms with Crippen molar-refractivity contribution in [3.8, 4) is 0 Å². The Balaban J connectivity index is 1.58. The first-order valence-corrected chi connectivity index (χ1v) is 7.81. The van der Waals surface area contributed by atoms with E-state index in [1.807, 2.05) is 0 Å². The van der Waals surface area contributed by atoms with Crippen LogP contribution < -0.4 is 0 Å². The van der Waals surface area contributed by atoms with Gasteiger partial charge in [0.25, 0.3) is 0 Å². The first-order chi connectivity index (χ1) is 9.37. The van der Waals surface area contributed by atoms with E-state index < -0.39 is 0 Å². The van der Waals surface area contributed by atoms with Gasteiger partial charge in [-0.2, -0.15) is 5.10 Å². The molecule has 1 aromatic heterocycles. The van der Waals surface area contributed by atoms with E-state index in [4.69, 9.17) is 5.10 Å². The van der Waals surface area contributed by atoms with Gasteiger partial charge in [0.15, 0.2) is 0 Å². The second-order valence-electron chi connectivity index (χ2n) is 7.09. The molecule has 0 aliphatic heterocycles. The van der Waals surface area contributed by atoms with Gasteiger partial charge in [0.2, 0.25) is 0 Å². The summed E-state index contributed by atoms with van der Waals surface area (Å²) in [7, 11) is 0. The Bertz CT molecular complexity index is 566. The van der Waals surface area contributed by atoms with Crippen molar-refractivity contribution in [1.29, 1.82) is 0 Å². The van der Waals surface area contributed by atoms with Crippen molar-refractivity contribution < 1.29 is 0 Å². The monoisotopic (exact) mass is 252 g/mol.